The van der Waals surface area contributed by atoms with Crippen molar-refractivity contribution in [3.63, 3.8) is 0 Å². The van der Waals surface area contributed by atoms with E-state index in [0.717, 1.165) is 29.7 Å². The van der Waals surface area contributed by atoms with Crippen LogP contribution < -0.4 is 0 Å². The first-order chi connectivity index (χ1) is 18.8. The summed E-state index contributed by atoms with van der Waals surface area (Å²) in [4.78, 5) is 24.4. The molecule has 2 bridgehead atoms. The highest BCUT2D eigenvalue weighted by Gasteiger charge is 2.64. The molecule has 0 N–H and O–H groups in total. The van der Waals surface area contributed by atoms with Gasteiger partial charge in [-0.3, -0.25) is 4.79 Å². The minimum absolute atomic E-state index is 0.141. The summed E-state index contributed by atoms with van der Waals surface area (Å²) in [7, 11) is 0. The second kappa shape index (κ2) is 9.29. The predicted octanol–water partition coefficient (Wildman–Crippen LogP) is 6.20. The zero-order valence-corrected chi connectivity index (χ0v) is 22.2. The van der Waals surface area contributed by atoms with Gasteiger partial charge in [0.25, 0.3) is 5.91 Å². The van der Waals surface area contributed by atoms with Gasteiger partial charge in [-0.2, -0.15) is 10.2 Å². The van der Waals surface area contributed by atoms with Gasteiger partial charge in [0, 0.05) is 36.5 Å². The number of halogens is 2. The summed E-state index contributed by atoms with van der Waals surface area (Å²) in [5, 5.41) is 8.88. The van der Waals surface area contributed by atoms with E-state index in [2.05, 4.69) is 34.0 Å². The Morgan fingerprint density at radius 2 is 1.69 bits per heavy atom. The maximum atomic E-state index is 14.5. The van der Waals surface area contributed by atoms with Crippen molar-refractivity contribution in [1.29, 1.82) is 0 Å². The molecule has 8 heteroatoms. The Labute approximate surface area is 226 Å². The Morgan fingerprint density at radius 1 is 1.00 bits per heavy atom. The number of amides is 1. The SMILES string of the molecule is CCN(C[C@@]12CC[C@@H](c3cc(-c4c(F)cccc4F)nnc31)C2(C)C)C(=O)c1cnc(-c2ccccc2)nc1. The van der Waals surface area contributed by atoms with Crippen LogP contribution in [-0.4, -0.2) is 44.1 Å². The van der Waals surface area contributed by atoms with Gasteiger partial charge >= 0.3 is 0 Å². The molecule has 1 amide bonds. The number of fused-ring (bicyclic) bond motifs is 5. The molecule has 6 nitrogen and oxygen atoms in total. The zero-order valence-electron chi connectivity index (χ0n) is 22.2. The highest BCUT2D eigenvalue weighted by Crippen LogP contribution is 2.67. The van der Waals surface area contributed by atoms with Crippen molar-refractivity contribution in [2.45, 2.75) is 44.9 Å². The monoisotopic (exact) mass is 525 g/mol. The normalized spacial score (nSPS) is 20.6. The number of hydrogen-bond acceptors (Lipinski definition) is 5. The van der Waals surface area contributed by atoms with Crippen LogP contribution in [-0.2, 0) is 5.41 Å². The van der Waals surface area contributed by atoms with E-state index in [0.29, 0.717) is 24.5 Å². The lowest BCUT2D eigenvalue weighted by atomic mass is 9.68. The molecular weight excluding hydrogens is 496 g/mol. The summed E-state index contributed by atoms with van der Waals surface area (Å²) in [6.07, 6.45) is 4.93. The molecule has 4 aromatic rings. The van der Waals surface area contributed by atoms with Gasteiger partial charge in [-0.15, -0.1) is 0 Å². The molecule has 0 spiro atoms. The topological polar surface area (TPSA) is 71.9 Å². The number of nitrogens with zero attached hydrogens (tertiary/aromatic N) is 5. The molecule has 0 radical (unpaired) electrons. The average molecular weight is 526 g/mol. The van der Waals surface area contributed by atoms with E-state index >= 15 is 0 Å². The molecule has 2 aliphatic carbocycles. The number of aromatic nitrogens is 4. The summed E-state index contributed by atoms with van der Waals surface area (Å²) in [5.74, 6) is -0.749. The van der Waals surface area contributed by atoms with E-state index in [1.54, 1.807) is 18.5 Å². The minimum Gasteiger partial charge on any atom is -0.338 e. The molecule has 2 heterocycles. The van der Waals surface area contributed by atoms with E-state index in [4.69, 9.17) is 0 Å². The van der Waals surface area contributed by atoms with Crippen LogP contribution >= 0.6 is 0 Å². The van der Waals surface area contributed by atoms with Gasteiger partial charge in [0.15, 0.2) is 5.82 Å². The average Bonchev–Trinajstić information content (AvgIpc) is 3.31. The molecule has 1 fully saturated rings. The van der Waals surface area contributed by atoms with Crippen molar-refractivity contribution in [2.24, 2.45) is 5.41 Å². The van der Waals surface area contributed by atoms with Crippen molar-refractivity contribution in [2.75, 3.05) is 13.1 Å². The minimum atomic E-state index is -0.662. The lowest BCUT2D eigenvalue weighted by Crippen LogP contribution is -2.48. The molecule has 2 aromatic carbocycles. The highest BCUT2D eigenvalue weighted by molar-refractivity contribution is 5.94. The van der Waals surface area contributed by atoms with Crippen LogP contribution in [0.25, 0.3) is 22.6 Å². The van der Waals surface area contributed by atoms with Gasteiger partial charge in [0.2, 0.25) is 0 Å². The lowest BCUT2D eigenvalue weighted by molar-refractivity contribution is 0.0651. The largest absolute Gasteiger partial charge is 0.338 e. The van der Waals surface area contributed by atoms with Crippen LogP contribution in [0.4, 0.5) is 8.78 Å². The van der Waals surface area contributed by atoms with Crippen LogP contribution in [0.15, 0.2) is 67.0 Å². The van der Waals surface area contributed by atoms with Crippen molar-refractivity contribution in [3.05, 3.63) is 95.4 Å². The van der Waals surface area contributed by atoms with Gasteiger partial charge in [0.05, 0.1) is 22.5 Å². The summed E-state index contributed by atoms with van der Waals surface area (Å²) < 4.78 is 29.1. The standard InChI is InChI=1S/C31H29F2N5O/c1-4-38(29(39)20-16-34-28(35-17-20)19-9-6-5-7-10-19)18-31-14-13-22(30(31,2)3)21-15-25(36-37-27(21)31)26-23(32)11-8-12-24(26)33/h5-12,15-17,22H,4,13-14,18H2,1-3H3/t22-,31-/m0/s1. The van der Waals surface area contributed by atoms with E-state index in [1.807, 2.05) is 42.2 Å². The molecular formula is C31H29F2N5O. The molecule has 2 aromatic heterocycles. The first-order valence-corrected chi connectivity index (χ1v) is 13.3. The van der Waals surface area contributed by atoms with Crippen LogP contribution in [0.1, 0.15) is 61.1 Å². The lowest BCUT2D eigenvalue weighted by Gasteiger charge is -2.41. The quantitative estimate of drug-likeness (QED) is 0.300. The molecule has 39 heavy (non-hydrogen) atoms. The molecule has 6 rings (SSSR count). The second-order valence-electron chi connectivity index (χ2n) is 11.0. The summed E-state index contributed by atoms with van der Waals surface area (Å²) in [6, 6.07) is 15.2. The molecule has 0 aliphatic heterocycles. The summed E-state index contributed by atoms with van der Waals surface area (Å²) >= 11 is 0. The maximum Gasteiger partial charge on any atom is 0.257 e. The summed E-state index contributed by atoms with van der Waals surface area (Å²) in [5.41, 5.74) is 2.49. The second-order valence-corrected chi connectivity index (χ2v) is 11.0. The van der Waals surface area contributed by atoms with Gasteiger partial charge in [-0.1, -0.05) is 50.2 Å². The number of benzene rings is 2. The van der Waals surface area contributed by atoms with Crippen molar-refractivity contribution >= 4 is 5.91 Å². The fraction of sp³-hybridized carbons (Fsp3) is 0.323. The Hall–Kier alpha value is -4.07. The van der Waals surface area contributed by atoms with Gasteiger partial charge < -0.3 is 4.90 Å². The third-order valence-electron chi connectivity index (χ3n) is 8.90. The van der Waals surface area contributed by atoms with Crippen molar-refractivity contribution < 1.29 is 13.6 Å². The highest BCUT2D eigenvalue weighted by atomic mass is 19.1. The van der Waals surface area contributed by atoms with Gasteiger partial charge in [-0.25, -0.2) is 18.7 Å². The van der Waals surface area contributed by atoms with Crippen LogP contribution in [0, 0.1) is 17.0 Å². The maximum absolute atomic E-state index is 14.5. The van der Waals surface area contributed by atoms with Crippen LogP contribution in [0.2, 0.25) is 0 Å². The van der Waals surface area contributed by atoms with Crippen LogP contribution in [0.5, 0.6) is 0 Å². The molecule has 1 saturated carbocycles. The van der Waals surface area contributed by atoms with Gasteiger partial charge in [-0.05, 0) is 54.9 Å². The Bertz CT molecular complexity index is 1540. The number of carbonyl (C=O) groups is 1. The fourth-order valence-electron chi connectivity index (χ4n) is 6.65. The molecule has 2 aliphatic rings. The fourth-order valence-corrected chi connectivity index (χ4v) is 6.65. The third-order valence-corrected chi connectivity index (χ3v) is 8.90. The number of carbonyl (C=O) groups excluding carboxylic acids is 1. The van der Waals surface area contributed by atoms with E-state index in [1.165, 1.54) is 18.2 Å². The Morgan fingerprint density at radius 3 is 2.36 bits per heavy atom. The number of rotatable bonds is 6. The summed E-state index contributed by atoms with van der Waals surface area (Å²) in [6.45, 7) is 7.32. The molecule has 0 unspecified atom stereocenters. The third kappa shape index (κ3) is 3.84. The zero-order chi connectivity index (χ0) is 27.4. The molecule has 0 saturated heterocycles. The van der Waals surface area contributed by atoms with E-state index in [-0.39, 0.29) is 28.5 Å². The first kappa shape index (κ1) is 25.2. The molecule has 2 atom stereocenters. The van der Waals surface area contributed by atoms with E-state index in [9.17, 15) is 13.6 Å². The number of likely N-dealkylation sites (N-methyl/N-ethyl adjacent to an activating group) is 1. The predicted molar refractivity (Wildman–Crippen MR) is 144 cm³/mol. The molecule has 198 valence electrons. The van der Waals surface area contributed by atoms with Crippen molar-refractivity contribution in [1.82, 2.24) is 25.1 Å². The Balaban J connectivity index is 1.32. The van der Waals surface area contributed by atoms with E-state index < -0.39 is 17.0 Å². The first-order valence-electron chi connectivity index (χ1n) is 13.3. The smallest absolute Gasteiger partial charge is 0.257 e. The van der Waals surface area contributed by atoms with Crippen LogP contribution in [0.3, 0.4) is 0 Å². The number of hydrogen-bond donors (Lipinski definition) is 0. The van der Waals surface area contributed by atoms with Crippen molar-refractivity contribution in [3.8, 4) is 22.6 Å². The van der Waals surface area contributed by atoms with Gasteiger partial charge in [0.1, 0.15) is 11.6 Å². The Kier molecular flexibility index (Phi) is 6.01.